The molecule has 0 saturated carbocycles. The Morgan fingerprint density at radius 2 is 1.82 bits per heavy atom. The van der Waals surface area contributed by atoms with Crippen LogP contribution < -0.4 is 10.2 Å². The first-order valence-electron chi connectivity index (χ1n) is 10.8. The molecule has 0 bridgehead atoms. The third-order valence-electron chi connectivity index (χ3n) is 4.59. The first kappa shape index (κ1) is 26.3. The largest absolute Gasteiger partial charge is 0.464 e. The molecular weight excluding hydrogens is 438 g/mol. The van der Waals surface area contributed by atoms with Crippen LogP contribution in [0.3, 0.4) is 0 Å². The number of imide groups is 1. The quantitative estimate of drug-likeness (QED) is 0.572. The Labute approximate surface area is 198 Å². The fraction of sp³-hybridized carbons (Fsp3) is 0.417. The van der Waals surface area contributed by atoms with E-state index in [0.717, 1.165) is 5.56 Å². The van der Waals surface area contributed by atoms with Crippen LogP contribution in [0, 0.1) is 17.2 Å². The average molecular weight is 468 g/mol. The summed E-state index contributed by atoms with van der Waals surface area (Å²) in [4.78, 5) is 45.0. The third-order valence-corrected chi connectivity index (χ3v) is 4.59. The molecule has 180 valence electrons. The molecule has 1 unspecified atom stereocenters. The fourth-order valence-electron chi connectivity index (χ4n) is 3.19. The van der Waals surface area contributed by atoms with Crippen molar-refractivity contribution >= 4 is 24.0 Å². The van der Waals surface area contributed by atoms with Gasteiger partial charge in [0.25, 0.3) is 0 Å². The van der Waals surface area contributed by atoms with Crippen LogP contribution in [0.25, 0.3) is 11.1 Å². The summed E-state index contributed by atoms with van der Waals surface area (Å²) < 4.78 is 5.12. The minimum absolute atomic E-state index is 0.0693. The molecule has 2 N–H and O–H groups in total. The van der Waals surface area contributed by atoms with Gasteiger partial charge in [-0.2, -0.15) is 5.26 Å². The SMILES string of the molecule is CC(C)CC(C(=O)NCC#N)c1cccc(-c2cnc(N(C(=O)O)C(=O)OC(C)(C)C)nc2)c1. The van der Waals surface area contributed by atoms with Gasteiger partial charge in [0.15, 0.2) is 0 Å². The van der Waals surface area contributed by atoms with Crippen molar-refractivity contribution in [2.24, 2.45) is 5.92 Å². The lowest BCUT2D eigenvalue weighted by molar-refractivity contribution is -0.122. The molecule has 3 amide bonds. The predicted octanol–water partition coefficient (Wildman–Crippen LogP) is 4.33. The van der Waals surface area contributed by atoms with Crippen LogP contribution in [0.15, 0.2) is 36.7 Å². The van der Waals surface area contributed by atoms with Gasteiger partial charge in [0.2, 0.25) is 11.9 Å². The molecule has 10 nitrogen and oxygen atoms in total. The number of ether oxygens (including phenoxy) is 1. The number of aromatic nitrogens is 2. The maximum Gasteiger partial charge on any atom is 0.427 e. The number of hydrogen-bond donors (Lipinski definition) is 2. The van der Waals surface area contributed by atoms with Crippen LogP contribution >= 0.6 is 0 Å². The molecule has 2 rings (SSSR count). The van der Waals surface area contributed by atoms with E-state index in [1.807, 2.05) is 38.1 Å². The van der Waals surface area contributed by atoms with Gasteiger partial charge >= 0.3 is 12.2 Å². The molecule has 0 fully saturated rings. The zero-order chi connectivity index (χ0) is 25.5. The number of benzene rings is 1. The Hall–Kier alpha value is -4.00. The summed E-state index contributed by atoms with van der Waals surface area (Å²) >= 11 is 0. The van der Waals surface area contributed by atoms with Gasteiger partial charge in [0.05, 0.1) is 12.0 Å². The van der Waals surface area contributed by atoms with E-state index in [1.54, 1.807) is 26.8 Å². The van der Waals surface area contributed by atoms with E-state index in [4.69, 9.17) is 10.00 Å². The van der Waals surface area contributed by atoms with Gasteiger partial charge in [-0.1, -0.05) is 38.1 Å². The topological polar surface area (TPSA) is 146 Å². The zero-order valence-electron chi connectivity index (χ0n) is 19.9. The number of nitriles is 1. The van der Waals surface area contributed by atoms with Gasteiger partial charge in [-0.3, -0.25) is 4.79 Å². The summed E-state index contributed by atoms with van der Waals surface area (Å²) in [5.74, 6) is -0.759. The van der Waals surface area contributed by atoms with Gasteiger partial charge in [-0.05, 0) is 44.2 Å². The molecule has 2 aromatic rings. The molecule has 0 aliphatic rings. The number of hydrogen-bond acceptors (Lipinski definition) is 7. The normalized spacial score (nSPS) is 11.9. The Bertz CT molecular complexity index is 1070. The van der Waals surface area contributed by atoms with Crippen LogP contribution in [0.5, 0.6) is 0 Å². The van der Waals surface area contributed by atoms with E-state index in [0.29, 0.717) is 22.4 Å². The van der Waals surface area contributed by atoms with Crippen molar-refractivity contribution in [3.8, 4) is 17.2 Å². The van der Waals surface area contributed by atoms with E-state index in [-0.39, 0.29) is 24.3 Å². The molecule has 34 heavy (non-hydrogen) atoms. The lowest BCUT2D eigenvalue weighted by Gasteiger charge is -2.23. The minimum atomic E-state index is -1.57. The lowest BCUT2D eigenvalue weighted by Crippen LogP contribution is -2.41. The fourth-order valence-corrected chi connectivity index (χ4v) is 3.19. The summed E-state index contributed by atoms with van der Waals surface area (Å²) in [6, 6.07) is 9.19. The number of carbonyl (C=O) groups is 3. The lowest BCUT2D eigenvalue weighted by atomic mass is 9.88. The molecule has 1 aromatic heterocycles. The van der Waals surface area contributed by atoms with Gasteiger partial charge in [0, 0.05) is 18.0 Å². The number of nitrogens with zero attached hydrogens (tertiary/aromatic N) is 4. The Kier molecular flexibility index (Phi) is 8.67. The van der Waals surface area contributed by atoms with Crippen LogP contribution in [-0.2, 0) is 9.53 Å². The number of amides is 3. The van der Waals surface area contributed by atoms with Crippen LogP contribution in [0.4, 0.5) is 15.5 Å². The number of anilines is 1. The molecule has 0 radical (unpaired) electrons. The van der Waals surface area contributed by atoms with Crippen LogP contribution in [0.1, 0.15) is 52.5 Å². The predicted molar refractivity (Wildman–Crippen MR) is 125 cm³/mol. The Morgan fingerprint density at radius 3 is 2.35 bits per heavy atom. The van der Waals surface area contributed by atoms with E-state index in [2.05, 4.69) is 15.3 Å². The van der Waals surface area contributed by atoms with E-state index in [9.17, 15) is 19.5 Å². The molecular formula is C24H29N5O5. The second-order valence-electron chi connectivity index (χ2n) is 9.05. The van der Waals surface area contributed by atoms with Crippen molar-refractivity contribution in [3.05, 3.63) is 42.2 Å². The summed E-state index contributed by atoms with van der Waals surface area (Å²) in [5.41, 5.74) is 1.16. The third kappa shape index (κ3) is 7.27. The standard InChI is InChI=1S/C24H29N5O5/c1-15(2)11-19(20(30)26-10-9-25)17-8-6-7-16(12-17)18-13-27-21(28-14-18)29(22(31)32)23(33)34-24(3,4)5/h6-8,12-15,19H,10-11H2,1-5H3,(H,26,30)(H,31,32). The minimum Gasteiger partial charge on any atom is -0.464 e. The van der Waals surface area contributed by atoms with Crippen molar-refractivity contribution in [1.82, 2.24) is 15.3 Å². The summed E-state index contributed by atoms with van der Waals surface area (Å²) in [6.07, 6.45) is 0.724. The first-order valence-corrected chi connectivity index (χ1v) is 10.8. The summed E-state index contributed by atoms with van der Waals surface area (Å²) in [7, 11) is 0. The molecule has 1 aromatic carbocycles. The number of nitrogens with one attached hydrogen (secondary N) is 1. The molecule has 0 aliphatic heterocycles. The van der Waals surface area contributed by atoms with E-state index in [1.165, 1.54) is 12.4 Å². The van der Waals surface area contributed by atoms with E-state index < -0.39 is 23.7 Å². The molecule has 1 heterocycles. The number of carboxylic acid groups (broad SMARTS) is 1. The summed E-state index contributed by atoms with van der Waals surface area (Å²) in [6.45, 7) is 8.82. The molecule has 0 spiro atoms. The highest BCUT2D eigenvalue weighted by Crippen LogP contribution is 2.28. The zero-order valence-corrected chi connectivity index (χ0v) is 19.9. The highest BCUT2D eigenvalue weighted by molar-refractivity contribution is 6.07. The second kappa shape index (κ2) is 11.2. The number of rotatable bonds is 7. The van der Waals surface area contributed by atoms with Crippen molar-refractivity contribution in [1.29, 1.82) is 5.26 Å². The average Bonchev–Trinajstić information content (AvgIpc) is 2.75. The highest BCUT2D eigenvalue weighted by atomic mass is 16.6. The van der Waals surface area contributed by atoms with Gasteiger partial charge < -0.3 is 15.2 Å². The first-order chi connectivity index (χ1) is 15.9. The molecule has 1 atom stereocenters. The van der Waals surface area contributed by atoms with Crippen molar-refractivity contribution in [2.45, 2.75) is 52.6 Å². The monoisotopic (exact) mass is 467 g/mol. The number of carbonyl (C=O) groups excluding carboxylic acids is 2. The molecule has 0 aliphatic carbocycles. The Balaban J connectivity index is 2.34. The summed E-state index contributed by atoms with van der Waals surface area (Å²) in [5, 5.41) is 20.9. The maximum atomic E-state index is 12.6. The van der Waals surface area contributed by atoms with Gasteiger partial charge in [-0.15, -0.1) is 4.90 Å². The van der Waals surface area contributed by atoms with Crippen molar-refractivity contribution < 1.29 is 24.2 Å². The maximum absolute atomic E-state index is 12.6. The van der Waals surface area contributed by atoms with Crippen molar-refractivity contribution in [2.75, 3.05) is 11.4 Å². The van der Waals surface area contributed by atoms with Gasteiger partial charge in [-0.25, -0.2) is 19.6 Å². The molecule has 0 saturated heterocycles. The Morgan fingerprint density at radius 1 is 1.18 bits per heavy atom. The molecule has 10 heteroatoms. The smallest absolute Gasteiger partial charge is 0.427 e. The highest BCUT2D eigenvalue weighted by Gasteiger charge is 2.30. The van der Waals surface area contributed by atoms with Crippen LogP contribution in [0.2, 0.25) is 0 Å². The second-order valence-corrected chi connectivity index (χ2v) is 9.05. The van der Waals surface area contributed by atoms with Crippen LogP contribution in [-0.4, -0.2) is 45.3 Å². The van der Waals surface area contributed by atoms with E-state index >= 15 is 0 Å². The van der Waals surface area contributed by atoms with Gasteiger partial charge in [0.1, 0.15) is 12.1 Å². The van der Waals surface area contributed by atoms with Crippen molar-refractivity contribution in [3.63, 3.8) is 0 Å².